The van der Waals surface area contributed by atoms with Gasteiger partial charge in [-0.3, -0.25) is 4.79 Å². The number of fused-ring (bicyclic) bond motifs is 1. The van der Waals surface area contributed by atoms with Crippen molar-refractivity contribution in [3.05, 3.63) is 70.8 Å². The summed E-state index contributed by atoms with van der Waals surface area (Å²) in [7, 11) is -3.62. The van der Waals surface area contributed by atoms with Crippen molar-refractivity contribution < 1.29 is 8.42 Å². The summed E-state index contributed by atoms with van der Waals surface area (Å²) in [6.07, 6.45) is 2.91. The van der Waals surface area contributed by atoms with E-state index in [4.69, 9.17) is 0 Å². The lowest BCUT2D eigenvalue weighted by molar-refractivity contribution is 0.588. The fourth-order valence-corrected chi connectivity index (χ4v) is 3.62. The van der Waals surface area contributed by atoms with E-state index in [1.807, 2.05) is 6.07 Å². The summed E-state index contributed by atoms with van der Waals surface area (Å²) >= 11 is 0. The van der Waals surface area contributed by atoms with E-state index >= 15 is 0 Å². The van der Waals surface area contributed by atoms with Crippen LogP contribution in [0.4, 0.5) is 0 Å². The molecule has 0 atom stereocenters. The van der Waals surface area contributed by atoms with Crippen molar-refractivity contribution in [2.45, 2.75) is 5.75 Å². The van der Waals surface area contributed by atoms with Crippen molar-refractivity contribution >= 4 is 20.9 Å². The van der Waals surface area contributed by atoms with Gasteiger partial charge in [-0.1, -0.05) is 30.3 Å². The topological polar surface area (TPSA) is 71.9 Å². The van der Waals surface area contributed by atoms with Gasteiger partial charge in [0.05, 0.1) is 5.75 Å². The molecule has 0 bridgehead atoms. The number of H-pyrrole nitrogens is 1. The van der Waals surface area contributed by atoms with Crippen molar-refractivity contribution in [1.29, 1.82) is 0 Å². The molecule has 1 N–H and O–H groups in total. The molecule has 2 heterocycles. The first kappa shape index (κ1) is 12.7. The van der Waals surface area contributed by atoms with Gasteiger partial charge in [0.25, 0.3) is 5.56 Å². The van der Waals surface area contributed by atoms with Gasteiger partial charge in [-0.25, -0.2) is 12.4 Å². The first-order valence-corrected chi connectivity index (χ1v) is 7.65. The number of rotatable bonds is 3. The molecule has 3 aromatic rings. The molecule has 6 heteroatoms. The third-order valence-corrected chi connectivity index (χ3v) is 4.67. The first-order chi connectivity index (χ1) is 9.58. The quantitative estimate of drug-likeness (QED) is 0.797. The standard InChI is InChI=1S/C14H12N2O3S/c17-14-13-12(6-8-15-14)7-9-16(13)20(18,19)10-11-4-2-1-3-5-11/h1-9H,10H2,(H,15,17). The number of hydrogen-bond donors (Lipinski definition) is 1. The summed E-state index contributed by atoms with van der Waals surface area (Å²) < 4.78 is 25.9. The highest BCUT2D eigenvalue weighted by Crippen LogP contribution is 2.16. The van der Waals surface area contributed by atoms with Crippen LogP contribution in [-0.2, 0) is 15.8 Å². The van der Waals surface area contributed by atoms with E-state index in [1.54, 1.807) is 36.4 Å². The van der Waals surface area contributed by atoms with Crippen LogP contribution in [0, 0.1) is 0 Å². The van der Waals surface area contributed by atoms with Crippen LogP contribution in [0.2, 0.25) is 0 Å². The second-order valence-electron chi connectivity index (χ2n) is 4.46. The van der Waals surface area contributed by atoms with Crippen LogP contribution < -0.4 is 5.56 Å². The van der Waals surface area contributed by atoms with Gasteiger partial charge >= 0.3 is 0 Å². The maximum atomic E-state index is 12.4. The van der Waals surface area contributed by atoms with Crippen LogP contribution in [0.15, 0.2) is 59.7 Å². The van der Waals surface area contributed by atoms with E-state index < -0.39 is 15.6 Å². The smallest absolute Gasteiger partial charge is 0.273 e. The Hall–Kier alpha value is -2.34. The highest BCUT2D eigenvalue weighted by atomic mass is 32.2. The zero-order chi connectivity index (χ0) is 14.2. The Balaban J connectivity index is 2.13. The van der Waals surface area contributed by atoms with Gasteiger partial charge in [0.1, 0.15) is 5.52 Å². The van der Waals surface area contributed by atoms with Gasteiger partial charge < -0.3 is 4.98 Å². The van der Waals surface area contributed by atoms with Crippen LogP contribution in [0.1, 0.15) is 5.56 Å². The van der Waals surface area contributed by atoms with Crippen molar-refractivity contribution in [2.24, 2.45) is 0 Å². The molecule has 0 aliphatic heterocycles. The molecule has 5 nitrogen and oxygen atoms in total. The number of aromatic nitrogens is 2. The lowest BCUT2D eigenvalue weighted by Crippen LogP contribution is -2.18. The van der Waals surface area contributed by atoms with Crippen LogP contribution in [0.25, 0.3) is 10.9 Å². The van der Waals surface area contributed by atoms with Gasteiger partial charge in [-0.05, 0) is 17.7 Å². The van der Waals surface area contributed by atoms with Crippen molar-refractivity contribution in [2.75, 3.05) is 0 Å². The predicted molar refractivity (Wildman–Crippen MR) is 77.0 cm³/mol. The average molecular weight is 288 g/mol. The normalized spacial score (nSPS) is 11.8. The fraction of sp³-hybridized carbons (Fsp3) is 0.0714. The minimum Gasteiger partial charge on any atom is -0.327 e. The van der Waals surface area contributed by atoms with Crippen molar-refractivity contribution in [3.8, 4) is 0 Å². The third kappa shape index (κ3) is 2.14. The van der Waals surface area contributed by atoms with Crippen LogP contribution in [-0.4, -0.2) is 17.4 Å². The molecule has 0 radical (unpaired) electrons. The minimum atomic E-state index is -3.62. The van der Waals surface area contributed by atoms with Gasteiger partial charge in [-0.2, -0.15) is 0 Å². The third-order valence-electron chi connectivity index (χ3n) is 3.07. The summed E-state index contributed by atoms with van der Waals surface area (Å²) in [5, 5.41) is 0.602. The molecular weight excluding hydrogens is 276 g/mol. The zero-order valence-electron chi connectivity index (χ0n) is 10.5. The molecule has 102 valence electrons. The maximum Gasteiger partial charge on any atom is 0.273 e. The van der Waals surface area contributed by atoms with E-state index in [9.17, 15) is 13.2 Å². The van der Waals surface area contributed by atoms with E-state index in [0.717, 1.165) is 3.97 Å². The fourth-order valence-electron chi connectivity index (χ4n) is 2.16. The van der Waals surface area contributed by atoms with Gasteiger partial charge in [0, 0.05) is 17.8 Å². The minimum absolute atomic E-state index is 0.147. The van der Waals surface area contributed by atoms with E-state index in [-0.39, 0.29) is 11.3 Å². The Kier molecular flexibility index (Phi) is 2.94. The molecule has 1 aromatic carbocycles. The monoisotopic (exact) mass is 288 g/mol. The highest BCUT2D eigenvalue weighted by molar-refractivity contribution is 7.89. The molecule has 0 amide bonds. The Labute approximate surface area is 115 Å². The number of nitrogens with one attached hydrogen (secondary N) is 1. The van der Waals surface area contributed by atoms with Gasteiger partial charge in [0.15, 0.2) is 0 Å². The molecular formula is C14H12N2O3S. The molecule has 3 rings (SSSR count). The Morgan fingerprint density at radius 2 is 1.80 bits per heavy atom. The molecule has 0 aliphatic rings. The summed E-state index contributed by atoms with van der Waals surface area (Å²) in [5.41, 5.74) is 0.425. The second-order valence-corrected chi connectivity index (χ2v) is 6.31. The largest absolute Gasteiger partial charge is 0.327 e. The molecule has 0 aliphatic carbocycles. The lowest BCUT2D eigenvalue weighted by atomic mass is 10.2. The maximum absolute atomic E-state index is 12.4. The molecule has 0 saturated carbocycles. The SMILES string of the molecule is O=c1[nH]ccc2ccn(S(=O)(=O)Cc3ccccc3)c12. The molecule has 0 spiro atoms. The number of nitrogens with zero attached hydrogens (tertiary/aromatic N) is 1. The summed E-state index contributed by atoms with van der Waals surface area (Å²) in [6.45, 7) is 0. The Morgan fingerprint density at radius 1 is 1.05 bits per heavy atom. The summed E-state index contributed by atoms with van der Waals surface area (Å²) in [5.74, 6) is -0.147. The average Bonchev–Trinajstić information content (AvgIpc) is 2.85. The number of pyridine rings is 1. The first-order valence-electron chi connectivity index (χ1n) is 6.04. The van der Waals surface area contributed by atoms with Gasteiger partial charge in [0.2, 0.25) is 10.0 Å². The number of aromatic amines is 1. The molecule has 0 saturated heterocycles. The van der Waals surface area contributed by atoms with E-state index in [0.29, 0.717) is 10.9 Å². The lowest BCUT2D eigenvalue weighted by Gasteiger charge is -2.07. The number of hydrogen-bond acceptors (Lipinski definition) is 3. The zero-order valence-corrected chi connectivity index (χ0v) is 11.3. The van der Waals surface area contributed by atoms with Gasteiger partial charge in [-0.15, -0.1) is 0 Å². The van der Waals surface area contributed by atoms with Crippen molar-refractivity contribution in [1.82, 2.24) is 8.96 Å². The summed E-state index contributed by atoms with van der Waals surface area (Å²) in [4.78, 5) is 14.3. The van der Waals surface area contributed by atoms with Crippen LogP contribution in [0.3, 0.4) is 0 Å². The summed E-state index contributed by atoms with van der Waals surface area (Å²) in [6, 6.07) is 12.2. The van der Waals surface area contributed by atoms with E-state index in [1.165, 1.54) is 12.4 Å². The Morgan fingerprint density at radius 3 is 2.55 bits per heavy atom. The molecule has 0 fully saturated rings. The molecule has 0 unspecified atom stereocenters. The second kappa shape index (κ2) is 4.64. The number of benzene rings is 1. The molecule has 20 heavy (non-hydrogen) atoms. The van der Waals surface area contributed by atoms with Crippen LogP contribution in [0.5, 0.6) is 0 Å². The predicted octanol–water partition coefficient (Wildman–Crippen LogP) is 1.71. The van der Waals surface area contributed by atoms with E-state index in [2.05, 4.69) is 4.98 Å². The van der Waals surface area contributed by atoms with Crippen LogP contribution >= 0.6 is 0 Å². The Bertz CT molecular complexity index is 908. The molecule has 2 aromatic heterocycles. The van der Waals surface area contributed by atoms with Crippen molar-refractivity contribution in [3.63, 3.8) is 0 Å². The highest BCUT2D eigenvalue weighted by Gasteiger charge is 2.18.